The summed E-state index contributed by atoms with van der Waals surface area (Å²) < 4.78 is 46.1. The smallest absolute Gasteiger partial charge is 0.417 e. The number of ether oxygens (including phenoxy) is 1. The van der Waals surface area contributed by atoms with Crippen LogP contribution in [-0.4, -0.2) is 44.6 Å². The van der Waals surface area contributed by atoms with Gasteiger partial charge in [-0.2, -0.15) is 18.4 Å². The van der Waals surface area contributed by atoms with E-state index in [2.05, 4.69) is 9.97 Å². The van der Waals surface area contributed by atoms with Crippen molar-refractivity contribution in [3.05, 3.63) is 72.2 Å². The second kappa shape index (κ2) is 10.1. The number of carbonyl (C=O) groups excluding carboxylic acids is 1. The summed E-state index contributed by atoms with van der Waals surface area (Å²) >= 11 is 5.50. The van der Waals surface area contributed by atoms with Gasteiger partial charge in [-0.3, -0.25) is 14.7 Å². The van der Waals surface area contributed by atoms with Gasteiger partial charge in [-0.25, -0.2) is 4.98 Å². The van der Waals surface area contributed by atoms with E-state index in [0.717, 1.165) is 28.2 Å². The molecule has 0 unspecified atom stereocenters. The van der Waals surface area contributed by atoms with Gasteiger partial charge < -0.3 is 9.64 Å². The lowest BCUT2D eigenvalue weighted by atomic mass is 10.0. The number of alkyl halides is 3. The summed E-state index contributed by atoms with van der Waals surface area (Å²) in [5, 5.41) is 9.14. The van der Waals surface area contributed by atoms with Crippen molar-refractivity contribution in [3.8, 4) is 23.1 Å². The van der Waals surface area contributed by atoms with Crippen molar-refractivity contribution in [1.82, 2.24) is 14.9 Å². The molecule has 190 valence electrons. The van der Waals surface area contributed by atoms with Gasteiger partial charge in [0.05, 0.1) is 29.5 Å². The minimum Gasteiger partial charge on any atom is -0.478 e. The number of anilines is 1. The zero-order chi connectivity index (χ0) is 26.8. The molecule has 1 saturated heterocycles. The van der Waals surface area contributed by atoms with Gasteiger partial charge in [-0.15, -0.1) is 0 Å². The van der Waals surface area contributed by atoms with Crippen LogP contribution in [0.5, 0.6) is 5.88 Å². The number of aromatic nitrogens is 2. The summed E-state index contributed by atoms with van der Waals surface area (Å²) in [6.07, 6.45) is 0.841. The SMILES string of the molecule is CC1(C)C(=O)N(c2ccc(C#N)c(C(F)(F)F)c2)C(=S)N1CCCOc1ccc(-c2ccncc2)cn1. The number of carbonyl (C=O) groups is 1. The second-order valence-corrected chi connectivity index (χ2v) is 9.16. The van der Waals surface area contributed by atoms with Crippen LogP contribution >= 0.6 is 12.2 Å². The van der Waals surface area contributed by atoms with E-state index in [1.807, 2.05) is 18.2 Å². The number of hydrogen-bond donors (Lipinski definition) is 0. The van der Waals surface area contributed by atoms with E-state index in [1.165, 1.54) is 12.1 Å². The lowest BCUT2D eigenvalue weighted by molar-refractivity contribution is -0.137. The van der Waals surface area contributed by atoms with Gasteiger partial charge in [0.2, 0.25) is 5.88 Å². The predicted molar refractivity (Wildman–Crippen MR) is 135 cm³/mol. The van der Waals surface area contributed by atoms with Gasteiger partial charge in [-0.05, 0) is 74.4 Å². The number of benzene rings is 1. The first kappa shape index (κ1) is 26.0. The highest BCUT2D eigenvalue weighted by Crippen LogP contribution is 2.37. The van der Waals surface area contributed by atoms with E-state index in [9.17, 15) is 18.0 Å². The topological polar surface area (TPSA) is 82.4 Å². The van der Waals surface area contributed by atoms with E-state index in [-0.39, 0.29) is 10.8 Å². The van der Waals surface area contributed by atoms with Crippen molar-refractivity contribution < 1.29 is 22.7 Å². The normalized spacial score (nSPS) is 15.1. The van der Waals surface area contributed by atoms with Crippen LogP contribution in [0.2, 0.25) is 0 Å². The molecule has 1 aromatic carbocycles. The molecule has 0 saturated carbocycles. The quantitative estimate of drug-likeness (QED) is 0.309. The molecule has 11 heteroatoms. The minimum absolute atomic E-state index is 0.0355. The van der Waals surface area contributed by atoms with Gasteiger partial charge in [0.15, 0.2) is 5.11 Å². The Labute approximate surface area is 217 Å². The Morgan fingerprint density at radius 1 is 1.11 bits per heavy atom. The minimum atomic E-state index is -4.75. The summed E-state index contributed by atoms with van der Waals surface area (Å²) in [5.41, 5.74) is -0.841. The fourth-order valence-corrected chi connectivity index (χ4v) is 4.53. The van der Waals surface area contributed by atoms with E-state index >= 15 is 0 Å². The number of rotatable bonds is 7. The van der Waals surface area contributed by atoms with Crippen molar-refractivity contribution in [1.29, 1.82) is 5.26 Å². The number of nitriles is 1. The molecular weight excluding hydrogens is 503 g/mol. The Morgan fingerprint density at radius 2 is 1.84 bits per heavy atom. The first-order valence-electron chi connectivity index (χ1n) is 11.3. The van der Waals surface area contributed by atoms with Gasteiger partial charge in [0.1, 0.15) is 5.54 Å². The maximum Gasteiger partial charge on any atom is 0.417 e. The third kappa shape index (κ3) is 5.24. The maximum absolute atomic E-state index is 13.5. The van der Waals surface area contributed by atoms with E-state index in [1.54, 1.807) is 43.4 Å². The lowest BCUT2D eigenvalue weighted by Crippen LogP contribution is -2.44. The Kier molecular flexibility index (Phi) is 7.14. The molecule has 2 aromatic heterocycles. The maximum atomic E-state index is 13.5. The Morgan fingerprint density at radius 3 is 2.46 bits per heavy atom. The van der Waals surface area contributed by atoms with Gasteiger partial charge in [0.25, 0.3) is 5.91 Å². The van der Waals surface area contributed by atoms with Crippen molar-refractivity contribution in [2.75, 3.05) is 18.1 Å². The summed E-state index contributed by atoms with van der Waals surface area (Å²) in [6.45, 7) is 3.96. The number of nitrogens with zero attached hydrogens (tertiary/aromatic N) is 5. The van der Waals surface area contributed by atoms with E-state index < -0.39 is 28.7 Å². The van der Waals surface area contributed by atoms with Crippen molar-refractivity contribution in [2.45, 2.75) is 32.0 Å². The molecule has 1 amide bonds. The molecule has 0 spiro atoms. The predicted octanol–water partition coefficient (Wildman–Crippen LogP) is 5.22. The fraction of sp³-hybridized carbons (Fsp3) is 0.269. The summed E-state index contributed by atoms with van der Waals surface area (Å²) in [6, 6.07) is 12.1. The highest BCUT2D eigenvalue weighted by Gasteiger charge is 2.49. The highest BCUT2D eigenvalue weighted by molar-refractivity contribution is 7.80. The molecule has 0 bridgehead atoms. The van der Waals surface area contributed by atoms with Crippen LogP contribution in [0, 0.1) is 11.3 Å². The average Bonchev–Trinajstić information content (AvgIpc) is 3.05. The molecular formula is C26H22F3N5O2S. The van der Waals surface area contributed by atoms with Crippen LogP contribution in [0.15, 0.2) is 61.1 Å². The first-order valence-corrected chi connectivity index (χ1v) is 11.7. The van der Waals surface area contributed by atoms with Gasteiger partial charge in [0, 0.05) is 36.8 Å². The van der Waals surface area contributed by atoms with Crippen LogP contribution in [0.25, 0.3) is 11.1 Å². The standard InChI is InChI=1S/C26H22F3N5O2S/c1-25(2)23(35)34(20-6-4-18(15-30)21(14-20)26(27,28)29)24(37)33(25)12-3-13-36-22-7-5-19(16-32-22)17-8-10-31-11-9-17/h4-11,14,16H,3,12-13H2,1-2H3. The first-order chi connectivity index (χ1) is 17.5. The third-order valence-electron chi connectivity index (χ3n) is 6.04. The Balaban J connectivity index is 1.42. The molecule has 1 aliphatic heterocycles. The molecule has 0 radical (unpaired) electrons. The van der Waals surface area contributed by atoms with Crippen LogP contribution in [0.1, 0.15) is 31.4 Å². The Hall–Kier alpha value is -4.04. The molecule has 0 N–H and O–H groups in total. The molecule has 37 heavy (non-hydrogen) atoms. The molecule has 4 rings (SSSR count). The number of amides is 1. The number of pyridine rings is 2. The molecule has 1 fully saturated rings. The Bertz CT molecular complexity index is 1360. The molecule has 1 aliphatic rings. The molecule has 0 aliphatic carbocycles. The van der Waals surface area contributed by atoms with Gasteiger partial charge in [-0.1, -0.05) is 0 Å². The summed E-state index contributed by atoms with van der Waals surface area (Å²) in [4.78, 5) is 24.2. The average molecular weight is 526 g/mol. The summed E-state index contributed by atoms with van der Waals surface area (Å²) in [5.74, 6) is -0.0133. The van der Waals surface area contributed by atoms with E-state index in [4.69, 9.17) is 22.2 Å². The summed E-state index contributed by atoms with van der Waals surface area (Å²) in [7, 11) is 0. The van der Waals surface area contributed by atoms with Crippen LogP contribution < -0.4 is 9.64 Å². The fourth-order valence-electron chi connectivity index (χ4n) is 4.02. The lowest BCUT2D eigenvalue weighted by Gasteiger charge is -2.29. The molecule has 0 atom stereocenters. The second-order valence-electron chi connectivity index (χ2n) is 8.80. The van der Waals surface area contributed by atoms with Gasteiger partial charge >= 0.3 is 6.18 Å². The monoisotopic (exact) mass is 525 g/mol. The van der Waals surface area contributed by atoms with Crippen molar-refractivity contribution in [3.63, 3.8) is 0 Å². The number of halogens is 3. The third-order valence-corrected chi connectivity index (χ3v) is 6.44. The van der Waals surface area contributed by atoms with Crippen molar-refractivity contribution in [2.24, 2.45) is 0 Å². The molecule has 3 heterocycles. The van der Waals surface area contributed by atoms with Crippen molar-refractivity contribution >= 4 is 28.9 Å². The highest BCUT2D eigenvalue weighted by atomic mass is 32.1. The van der Waals surface area contributed by atoms with Crippen LogP contribution in [0.3, 0.4) is 0 Å². The largest absolute Gasteiger partial charge is 0.478 e. The number of thiocarbonyl (C=S) groups is 1. The van der Waals surface area contributed by atoms with Crippen LogP contribution in [-0.2, 0) is 11.0 Å². The van der Waals surface area contributed by atoms with Crippen LogP contribution in [0.4, 0.5) is 18.9 Å². The number of hydrogen-bond acceptors (Lipinski definition) is 6. The zero-order valence-corrected chi connectivity index (χ0v) is 20.8. The zero-order valence-electron chi connectivity index (χ0n) is 20.0. The molecule has 3 aromatic rings. The van der Waals surface area contributed by atoms with E-state index in [0.29, 0.717) is 25.5 Å². The molecule has 7 nitrogen and oxygen atoms in total.